The number of hydrogen-bond acceptors (Lipinski definition) is 5. The van der Waals surface area contributed by atoms with Gasteiger partial charge in [-0.05, 0) is 13.8 Å². The molecule has 0 saturated carbocycles. The van der Waals surface area contributed by atoms with Gasteiger partial charge in [-0.25, -0.2) is 14.8 Å². The van der Waals surface area contributed by atoms with Crippen LogP contribution in [0.2, 0.25) is 0 Å². The van der Waals surface area contributed by atoms with Crippen LogP contribution in [0.5, 0.6) is 0 Å². The molecule has 0 spiro atoms. The van der Waals surface area contributed by atoms with Gasteiger partial charge in [-0.3, -0.25) is 14.3 Å². The van der Waals surface area contributed by atoms with Crippen molar-refractivity contribution in [1.29, 1.82) is 0 Å². The zero-order valence-corrected chi connectivity index (χ0v) is 11.2. The summed E-state index contributed by atoms with van der Waals surface area (Å²) in [6, 6.07) is 0. The fourth-order valence-electron chi connectivity index (χ4n) is 1.97. The first-order valence-corrected chi connectivity index (χ1v) is 6.63. The Morgan fingerprint density at radius 2 is 2.16 bits per heavy atom. The maximum atomic E-state index is 11.8. The average molecular weight is 277 g/mol. The Kier molecular flexibility index (Phi) is 2.59. The lowest BCUT2D eigenvalue weighted by Crippen LogP contribution is -2.29. The summed E-state index contributed by atoms with van der Waals surface area (Å²) in [5, 5.41) is 0. The number of nitrogens with one attached hydrogen (secondary N) is 2. The van der Waals surface area contributed by atoms with E-state index >= 15 is 0 Å². The van der Waals surface area contributed by atoms with E-state index in [-0.39, 0.29) is 0 Å². The van der Waals surface area contributed by atoms with Gasteiger partial charge < -0.3 is 4.98 Å². The van der Waals surface area contributed by atoms with Crippen LogP contribution in [0.3, 0.4) is 0 Å². The van der Waals surface area contributed by atoms with Crippen molar-refractivity contribution in [3.63, 3.8) is 0 Å². The molecular weight excluding hydrogens is 266 g/mol. The molecule has 0 fully saturated rings. The van der Waals surface area contributed by atoms with E-state index in [4.69, 9.17) is 0 Å². The molecule has 3 heterocycles. The van der Waals surface area contributed by atoms with Crippen LogP contribution in [0.25, 0.3) is 21.9 Å². The lowest BCUT2D eigenvalue weighted by Gasteiger charge is -1.99. The fraction of sp³-hybridized carbons (Fsp3) is 0.273. The van der Waals surface area contributed by atoms with Gasteiger partial charge in [-0.2, -0.15) is 0 Å². The van der Waals surface area contributed by atoms with Gasteiger partial charge in [0.05, 0.1) is 16.1 Å². The van der Waals surface area contributed by atoms with Crippen molar-refractivity contribution >= 4 is 22.5 Å². The number of H-pyrrole nitrogens is 2. The molecule has 0 aliphatic carbocycles. The minimum atomic E-state index is -0.453. The molecule has 0 aromatic carbocycles. The van der Waals surface area contributed by atoms with E-state index in [0.29, 0.717) is 23.5 Å². The Bertz CT molecular complexity index is 869. The van der Waals surface area contributed by atoms with Crippen molar-refractivity contribution in [2.75, 3.05) is 0 Å². The number of aromatic nitrogens is 5. The predicted octanol–water partition coefficient (Wildman–Crippen LogP) is 0.865. The van der Waals surface area contributed by atoms with Crippen LogP contribution >= 0.6 is 11.3 Å². The molecule has 3 aromatic heterocycles. The summed E-state index contributed by atoms with van der Waals surface area (Å²) in [4.78, 5) is 38.1. The average Bonchev–Trinajstić information content (AvgIpc) is 2.95. The first-order valence-electron chi connectivity index (χ1n) is 5.75. The maximum Gasteiger partial charge on any atom is 0.330 e. The molecule has 0 atom stereocenters. The molecule has 7 nitrogen and oxygen atoms in total. The van der Waals surface area contributed by atoms with Gasteiger partial charge in [-0.1, -0.05) is 0 Å². The van der Waals surface area contributed by atoms with Crippen molar-refractivity contribution in [1.82, 2.24) is 24.5 Å². The Morgan fingerprint density at radius 1 is 1.37 bits per heavy atom. The Hall–Kier alpha value is -2.22. The number of rotatable bonds is 2. The van der Waals surface area contributed by atoms with Gasteiger partial charge in [0.25, 0.3) is 5.56 Å². The highest BCUT2D eigenvalue weighted by Gasteiger charge is 2.15. The Balaban J connectivity index is 2.38. The Morgan fingerprint density at radius 3 is 2.79 bits per heavy atom. The van der Waals surface area contributed by atoms with E-state index < -0.39 is 11.2 Å². The highest BCUT2D eigenvalue weighted by molar-refractivity contribution is 7.13. The summed E-state index contributed by atoms with van der Waals surface area (Å²) in [6.45, 7) is 4.14. The number of hydrogen-bond donors (Lipinski definition) is 2. The first kappa shape index (κ1) is 11.8. The second kappa shape index (κ2) is 4.16. The lowest BCUT2D eigenvalue weighted by molar-refractivity contribution is 0.720. The van der Waals surface area contributed by atoms with Crippen LogP contribution in [-0.4, -0.2) is 24.5 Å². The lowest BCUT2D eigenvalue weighted by atomic mass is 10.4. The van der Waals surface area contributed by atoms with Gasteiger partial charge >= 0.3 is 5.69 Å². The molecule has 0 bridgehead atoms. The predicted molar refractivity (Wildman–Crippen MR) is 72.5 cm³/mol. The van der Waals surface area contributed by atoms with Crippen LogP contribution in [-0.2, 0) is 6.54 Å². The molecular formula is C11H11N5O2S. The Labute approximate surface area is 111 Å². The third kappa shape index (κ3) is 1.72. The highest BCUT2D eigenvalue weighted by Crippen LogP contribution is 2.25. The number of aryl methyl sites for hydroxylation is 2. The number of nitrogens with zero attached hydrogens (tertiary/aromatic N) is 3. The topological polar surface area (TPSA) is 96.4 Å². The van der Waals surface area contributed by atoms with Gasteiger partial charge in [-0.15, -0.1) is 11.3 Å². The van der Waals surface area contributed by atoms with Gasteiger partial charge in [0.15, 0.2) is 11.5 Å². The molecule has 19 heavy (non-hydrogen) atoms. The molecule has 98 valence electrons. The normalized spacial score (nSPS) is 11.3. The largest absolute Gasteiger partial charge is 0.331 e. The van der Waals surface area contributed by atoms with Crippen LogP contribution in [0.1, 0.15) is 12.6 Å². The van der Waals surface area contributed by atoms with Gasteiger partial charge in [0, 0.05) is 6.54 Å². The molecule has 0 aliphatic rings. The molecule has 2 N–H and O–H groups in total. The molecule has 0 amide bonds. The van der Waals surface area contributed by atoms with Gasteiger partial charge in [0.1, 0.15) is 5.52 Å². The summed E-state index contributed by atoms with van der Waals surface area (Å²) in [5.41, 5.74) is 2.34. The van der Waals surface area contributed by atoms with Crippen molar-refractivity contribution in [2.45, 2.75) is 20.4 Å². The molecule has 3 aromatic rings. The smallest absolute Gasteiger partial charge is 0.330 e. The van der Waals surface area contributed by atoms with E-state index in [1.807, 2.05) is 13.8 Å². The second-order valence-corrected chi connectivity index (χ2v) is 4.91. The van der Waals surface area contributed by atoms with Crippen molar-refractivity contribution < 1.29 is 0 Å². The third-order valence-corrected chi connectivity index (χ3v) is 3.85. The van der Waals surface area contributed by atoms with Crippen molar-refractivity contribution in [2.24, 2.45) is 0 Å². The van der Waals surface area contributed by atoms with Crippen LogP contribution in [0.4, 0.5) is 0 Å². The van der Waals surface area contributed by atoms with Crippen LogP contribution in [0.15, 0.2) is 15.1 Å². The molecule has 0 radical (unpaired) electrons. The van der Waals surface area contributed by atoms with E-state index in [1.165, 1.54) is 15.9 Å². The van der Waals surface area contributed by atoms with E-state index in [2.05, 4.69) is 19.9 Å². The molecule has 3 rings (SSSR count). The minimum Gasteiger partial charge on any atom is -0.331 e. The quantitative estimate of drug-likeness (QED) is 0.726. The minimum absolute atomic E-state index is 0.309. The van der Waals surface area contributed by atoms with Crippen LogP contribution < -0.4 is 11.2 Å². The number of fused-ring (bicyclic) bond motifs is 1. The maximum absolute atomic E-state index is 11.8. The number of imidazole rings is 1. The third-order valence-electron chi connectivity index (χ3n) is 2.91. The summed E-state index contributed by atoms with van der Waals surface area (Å²) in [7, 11) is 0. The monoisotopic (exact) mass is 277 g/mol. The molecule has 0 saturated heterocycles. The van der Waals surface area contributed by atoms with E-state index in [1.54, 1.807) is 5.51 Å². The SMILES string of the molecule is CCn1c(=O)[nH]c(=O)c2[nH]c(-c3scnc3C)nc21. The zero-order chi connectivity index (χ0) is 13.6. The summed E-state index contributed by atoms with van der Waals surface area (Å²) < 4.78 is 1.42. The highest BCUT2D eigenvalue weighted by atomic mass is 32.1. The number of thiazole rings is 1. The molecule has 0 aliphatic heterocycles. The summed E-state index contributed by atoms with van der Waals surface area (Å²) in [5.74, 6) is 0.563. The number of aromatic amines is 2. The molecule has 8 heteroatoms. The zero-order valence-electron chi connectivity index (χ0n) is 10.4. The molecule has 0 unspecified atom stereocenters. The van der Waals surface area contributed by atoms with E-state index in [9.17, 15) is 9.59 Å². The summed E-state index contributed by atoms with van der Waals surface area (Å²) >= 11 is 1.44. The van der Waals surface area contributed by atoms with Crippen molar-refractivity contribution in [3.05, 3.63) is 32.0 Å². The fourth-order valence-corrected chi connectivity index (χ4v) is 2.72. The summed E-state index contributed by atoms with van der Waals surface area (Å²) in [6.07, 6.45) is 0. The van der Waals surface area contributed by atoms with Crippen molar-refractivity contribution in [3.8, 4) is 10.7 Å². The standard InChI is InChI=1S/C11H11N5O2S/c1-3-16-9-6(10(17)15-11(16)18)13-8(14-9)7-5(2)12-4-19-7/h4H,3H2,1-2H3,(H,13,14)(H,15,17,18). The first-order chi connectivity index (χ1) is 9.11. The second-order valence-electron chi connectivity index (χ2n) is 4.05. The van der Waals surface area contributed by atoms with Crippen LogP contribution in [0, 0.1) is 6.92 Å². The van der Waals surface area contributed by atoms with Gasteiger partial charge in [0.2, 0.25) is 0 Å². The van der Waals surface area contributed by atoms with E-state index in [0.717, 1.165) is 10.6 Å².